The van der Waals surface area contributed by atoms with Gasteiger partial charge in [-0.05, 0) is 30.4 Å². The zero-order chi connectivity index (χ0) is 16.0. The topological polar surface area (TPSA) is 29.5 Å². The van der Waals surface area contributed by atoms with Gasteiger partial charge in [-0.2, -0.15) is 0 Å². The maximum Gasteiger partial charge on any atom is 0.240 e. The third-order valence-corrected chi connectivity index (χ3v) is 3.49. The van der Waals surface area contributed by atoms with E-state index in [0.717, 1.165) is 12.2 Å². The summed E-state index contributed by atoms with van der Waals surface area (Å²) in [5, 5.41) is -0.475. The average Bonchev–Trinajstić information content (AvgIpc) is 2.41. The number of benzene rings is 1. The number of carbonyl (C=O) groups excluding carboxylic acids is 1. The van der Waals surface area contributed by atoms with E-state index in [-0.39, 0.29) is 11.3 Å². The van der Waals surface area contributed by atoms with E-state index in [2.05, 4.69) is 26.8 Å². The quantitative estimate of drug-likeness (QED) is 0.590. The second-order valence-corrected chi connectivity index (χ2v) is 6.98. The molecule has 0 bridgehead atoms. The van der Waals surface area contributed by atoms with Crippen molar-refractivity contribution in [1.29, 1.82) is 0 Å². The highest BCUT2D eigenvalue weighted by Gasteiger charge is 2.18. The molecule has 0 saturated heterocycles. The van der Waals surface area contributed by atoms with E-state index in [0.29, 0.717) is 13.2 Å². The first-order valence-corrected chi connectivity index (χ1v) is 7.78. The molecule has 118 valence electrons. The number of hydrogen-bond donors (Lipinski definition) is 0. The van der Waals surface area contributed by atoms with E-state index in [1.807, 2.05) is 18.2 Å². The lowest BCUT2D eigenvalue weighted by molar-refractivity contribution is -0.129. The highest BCUT2D eigenvalue weighted by atomic mass is 35.5. The number of nitrogens with zero attached hydrogens (tertiary/aromatic N) is 1. The highest BCUT2D eigenvalue weighted by molar-refractivity contribution is 6.30. The lowest BCUT2D eigenvalue weighted by Crippen LogP contribution is -2.33. The monoisotopic (exact) mass is 311 g/mol. The third kappa shape index (κ3) is 5.58. The van der Waals surface area contributed by atoms with Gasteiger partial charge in [0.05, 0.1) is 6.61 Å². The zero-order valence-corrected chi connectivity index (χ0v) is 14.4. The summed E-state index contributed by atoms with van der Waals surface area (Å²) in [5.41, 5.74) is 1.25. The van der Waals surface area contributed by atoms with E-state index in [4.69, 9.17) is 16.3 Å². The molecule has 1 atom stereocenters. The fraction of sp³-hybridized carbons (Fsp3) is 0.588. The second kappa shape index (κ2) is 7.69. The van der Waals surface area contributed by atoms with Crippen LogP contribution >= 0.6 is 11.6 Å². The van der Waals surface area contributed by atoms with Gasteiger partial charge in [-0.15, -0.1) is 11.6 Å². The Morgan fingerprint density at radius 1 is 1.33 bits per heavy atom. The molecule has 21 heavy (non-hydrogen) atoms. The molecule has 0 radical (unpaired) electrons. The fourth-order valence-electron chi connectivity index (χ4n) is 2.11. The van der Waals surface area contributed by atoms with Crippen LogP contribution in [0.2, 0.25) is 0 Å². The van der Waals surface area contributed by atoms with Gasteiger partial charge in [0.1, 0.15) is 11.1 Å². The van der Waals surface area contributed by atoms with Crippen molar-refractivity contribution in [1.82, 2.24) is 4.90 Å². The summed E-state index contributed by atoms with van der Waals surface area (Å²) in [6, 6.07) is 8.10. The molecular formula is C17H26ClNO2. The molecule has 1 rings (SSSR count). The Balaban J connectivity index is 2.49. The minimum Gasteiger partial charge on any atom is -0.493 e. The number of rotatable bonds is 6. The molecule has 3 nitrogen and oxygen atoms in total. The van der Waals surface area contributed by atoms with E-state index in [1.54, 1.807) is 18.9 Å². The zero-order valence-electron chi connectivity index (χ0n) is 13.6. The Morgan fingerprint density at radius 3 is 2.52 bits per heavy atom. The third-order valence-electron chi connectivity index (χ3n) is 3.31. The smallest absolute Gasteiger partial charge is 0.240 e. The summed E-state index contributed by atoms with van der Waals surface area (Å²) < 4.78 is 5.88. The van der Waals surface area contributed by atoms with Gasteiger partial charge in [0.25, 0.3) is 0 Å². The van der Waals surface area contributed by atoms with Crippen LogP contribution in [0.3, 0.4) is 0 Å². The summed E-state index contributed by atoms with van der Waals surface area (Å²) in [4.78, 5) is 13.3. The maximum atomic E-state index is 11.6. The standard InChI is InChI=1S/C17H26ClNO2/c1-13(18)16(20)19(5)11-8-12-21-15-10-7-6-9-14(15)17(2,3)4/h6-7,9-10,13H,8,11-12H2,1-5H3. The van der Waals surface area contributed by atoms with Crippen LogP contribution in [-0.4, -0.2) is 36.4 Å². The Hall–Kier alpha value is -1.22. The van der Waals surface area contributed by atoms with Gasteiger partial charge in [-0.3, -0.25) is 4.79 Å². The maximum absolute atomic E-state index is 11.6. The van der Waals surface area contributed by atoms with Gasteiger partial charge >= 0.3 is 0 Å². The minimum atomic E-state index is -0.475. The molecule has 0 heterocycles. The first-order valence-electron chi connectivity index (χ1n) is 7.35. The Kier molecular flexibility index (Phi) is 6.53. The molecule has 0 aromatic heterocycles. The van der Waals surface area contributed by atoms with Crippen LogP contribution in [0, 0.1) is 0 Å². The van der Waals surface area contributed by atoms with Crippen molar-refractivity contribution in [2.45, 2.75) is 44.9 Å². The summed E-state index contributed by atoms with van der Waals surface area (Å²) in [6.07, 6.45) is 0.782. The van der Waals surface area contributed by atoms with Gasteiger partial charge < -0.3 is 9.64 Å². The summed E-state index contributed by atoms with van der Waals surface area (Å²) in [7, 11) is 1.77. The summed E-state index contributed by atoms with van der Waals surface area (Å²) >= 11 is 5.78. The molecule has 1 aromatic carbocycles. The van der Waals surface area contributed by atoms with Crippen LogP contribution in [0.5, 0.6) is 5.75 Å². The van der Waals surface area contributed by atoms with Crippen LogP contribution in [0.4, 0.5) is 0 Å². The van der Waals surface area contributed by atoms with Gasteiger partial charge in [-0.1, -0.05) is 39.0 Å². The lowest BCUT2D eigenvalue weighted by atomic mass is 9.86. The molecule has 0 spiro atoms. The van der Waals surface area contributed by atoms with Crippen molar-refractivity contribution in [3.63, 3.8) is 0 Å². The number of halogens is 1. The first kappa shape index (κ1) is 17.8. The summed E-state index contributed by atoms with van der Waals surface area (Å²) in [5.74, 6) is 0.872. The van der Waals surface area contributed by atoms with Crippen LogP contribution in [-0.2, 0) is 10.2 Å². The summed E-state index contributed by atoms with van der Waals surface area (Å²) in [6.45, 7) is 9.43. The minimum absolute atomic E-state index is 0.0493. The van der Waals surface area contributed by atoms with Gasteiger partial charge in [0.2, 0.25) is 5.91 Å². The predicted molar refractivity (Wildman–Crippen MR) is 88.2 cm³/mol. The molecular weight excluding hydrogens is 286 g/mol. The van der Waals surface area contributed by atoms with Crippen molar-refractivity contribution >= 4 is 17.5 Å². The number of ether oxygens (including phenoxy) is 1. The number of carbonyl (C=O) groups is 1. The Bertz CT molecular complexity index is 466. The molecule has 0 aliphatic carbocycles. The fourth-order valence-corrected chi connectivity index (χ4v) is 2.28. The van der Waals surface area contributed by atoms with Crippen molar-refractivity contribution < 1.29 is 9.53 Å². The van der Waals surface area contributed by atoms with E-state index >= 15 is 0 Å². The van der Waals surface area contributed by atoms with E-state index in [9.17, 15) is 4.79 Å². The molecule has 0 N–H and O–H groups in total. The highest BCUT2D eigenvalue weighted by Crippen LogP contribution is 2.30. The predicted octanol–water partition coefficient (Wildman–Crippen LogP) is 3.84. The van der Waals surface area contributed by atoms with Crippen LogP contribution in [0.15, 0.2) is 24.3 Å². The molecule has 0 aliphatic heterocycles. The van der Waals surface area contributed by atoms with Crippen LogP contribution in [0.25, 0.3) is 0 Å². The molecule has 0 fully saturated rings. The first-order chi connectivity index (χ1) is 9.73. The van der Waals surface area contributed by atoms with Gasteiger partial charge in [0.15, 0.2) is 0 Å². The molecule has 0 aliphatic rings. The Labute approximate surface area is 133 Å². The molecule has 1 amide bonds. The number of alkyl halides is 1. The molecule has 1 unspecified atom stereocenters. The number of para-hydroxylation sites is 1. The van der Waals surface area contributed by atoms with Crippen molar-refractivity contribution in [2.75, 3.05) is 20.2 Å². The number of hydrogen-bond acceptors (Lipinski definition) is 2. The largest absolute Gasteiger partial charge is 0.493 e. The molecule has 4 heteroatoms. The van der Waals surface area contributed by atoms with Crippen molar-refractivity contribution in [2.24, 2.45) is 0 Å². The lowest BCUT2D eigenvalue weighted by Gasteiger charge is -2.23. The van der Waals surface area contributed by atoms with Crippen molar-refractivity contribution in [3.05, 3.63) is 29.8 Å². The van der Waals surface area contributed by atoms with E-state index in [1.165, 1.54) is 5.56 Å². The van der Waals surface area contributed by atoms with Gasteiger partial charge in [-0.25, -0.2) is 0 Å². The van der Waals surface area contributed by atoms with Crippen LogP contribution < -0.4 is 4.74 Å². The average molecular weight is 312 g/mol. The van der Waals surface area contributed by atoms with Crippen LogP contribution in [0.1, 0.15) is 39.7 Å². The molecule has 0 saturated carbocycles. The van der Waals surface area contributed by atoms with Crippen molar-refractivity contribution in [3.8, 4) is 5.75 Å². The van der Waals surface area contributed by atoms with Gasteiger partial charge in [0, 0.05) is 13.6 Å². The van der Waals surface area contributed by atoms with E-state index < -0.39 is 5.38 Å². The Morgan fingerprint density at radius 2 is 1.95 bits per heavy atom. The second-order valence-electron chi connectivity index (χ2n) is 6.32. The normalized spacial score (nSPS) is 12.9. The molecule has 1 aromatic rings. The number of amides is 1. The SMILES string of the molecule is CC(Cl)C(=O)N(C)CCCOc1ccccc1C(C)(C)C.